The fraction of sp³-hybridized carbons (Fsp3) is 0.556. The first-order chi connectivity index (χ1) is 15.2. The van der Waals surface area contributed by atoms with Gasteiger partial charge in [0.1, 0.15) is 5.76 Å². The Bertz CT molecular complexity index is 956. The molecule has 4 nitrogen and oxygen atoms in total. The summed E-state index contributed by atoms with van der Waals surface area (Å²) in [4.78, 5) is 12.6. The number of nitrogens with one attached hydrogen (secondary N) is 1. The predicted molar refractivity (Wildman–Crippen MR) is 127 cm³/mol. The Kier molecular flexibility index (Phi) is 6.41. The van der Waals surface area contributed by atoms with Gasteiger partial charge in [0, 0.05) is 16.6 Å². The molecular formula is C27H33ClN2O2. The van der Waals surface area contributed by atoms with E-state index in [1.165, 1.54) is 5.56 Å². The van der Waals surface area contributed by atoms with E-state index in [-0.39, 0.29) is 18.1 Å². The molecule has 0 aliphatic heterocycles. The Balaban J connectivity index is 1.22. The Morgan fingerprint density at radius 2 is 1.88 bits per heavy atom. The number of allylic oxidation sites excluding steroid dienone is 3. The van der Waals surface area contributed by atoms with E-state index in [2.05, 4.69) is 37.4 Å². The molecule has 1 atom stereocenters. The first-order valence-corrected chi connectivity index (χ1v) is 12.2. The summed E-state index contributed by atoms with van der Waals surface area (Å²) in [7, 11) is 0. The van der Waals surface area contributed by atoms with Gasteiger partial charge in [0.25, 0.3) is 5.91 Å². The maximum absolute atomic E-state index is 12.6. The summed E-state index contributed by atoms with van der Waals surface area (Å²) < 4.78 is 6.16. The van der Waals surface area contributed by atoms with Crippen molar-refractivity contribution >= 4 is 17.5 Å². The molecule has 3 aliphatic carbocycles. The van der Waals surface area contributed by atoms with Gasteiger partial charge in [-0.3, -0.25) is 4.79 Å². The maximum Gasteiger partial charge on any atom is 0.251 e. The fourth-order valence-electron chi connectivity index (χ4n) is 5.18. The molecule has 32 heavy (non-hydrogen) atoms. The van der Waals surface area contributed by atoms with Crippen LogP contribution in [-0.4, -0.2) is 18.1 Å². The molecule has 1 unspecified atom stereocenters. The summed E-state index contributed by atoms with van der Waals surface area (Å²) in [5.74, 6) is 1.30. The molecule has 1 spiro atoms. The highest BCUT2D eigenvalue weighted by Gasteiger charge is 2.47. The van der Waals surface area contributed by atoms with E-state index in [1.807, 2.05) is 25.1 Å². The third-order valence-electron chi connectivity index (χ3n) is 7.60. The van der Waals surface area contributed by atoms with Crippen LogP contribution in [0.4, 0.5) is 0 Å². The van der Waals surface area contributed by atoms with Crippen molar-refractivity contribution < 1.29 is 9.53 Å². The number of carbonyl (C=O) groups is 1. The van der Waals surface area contributed by atoms with Crippen LogP contribution in [0.3, 0.4) is 0 Å². The molecule has 2 fully saturated rings. The number of halogens is 1. The van der Waals surface area contributed by atoms with Crippen molar-refractivity contribution in [1.82, 2.24) is 5.32 Å². The van der Waals surface area contributed by atoms with Crippen molar-refractivity contribution in [3.63, 3.8) is 0 Å². The fourth-order valence-corrected chi connectivity index (χ4v) is 5.41. The van der Waals surface area contributed by atoms with Crippen LogP contribution in [0.2, 0.25) is 0 Å². The minimum atomic E-state index is -0.630. The van der Waals surface area contributed by atoms with Crippen LogP contribution in [0, 0.1) is 22.2 Å². The summed E-state index contributed by atoms with van der Waals surface area (Å²) in [6.45, 7) is 6.17. The van der Waals surface area contributed by atoms with Gasteiger partial charge < -0.3 is 10.1 Å². The molecule has 3 aliphatic rings. The van der Waals surface area contributed by atoms with Crippen LogP contribution in [0.1, 0.15) is 87.6 Å². The summed E-state index contributed by atoms with van der Waals surface area (Å²) in [5.41, 5.74) is 1.72. The predicted octanol–water partition coefficient (Wildman–Crippen LogP) is 6.59. The molecule has 1 aromatic carbocycles. The van der Waals surface area contributed by atoms with Gasteiger partial charge in [0.05, 0.1) is 17.6 Å². The van der Waals surface area contributed by atoms with Crippen LogP contribution in [0.5, 0.6) is 0 Å². The first-order valence-electron chi connectivity index (χ1n) is 11.8. The van der Waals surface area contributed by atoms with E-state index in [1.54, 1.807) is 6.08 Å². The zero-order chi connectivity index (χ0) is 22.9. The average molecular weight is 453 g/mol. The molecule has 0 bridgehead atoms. The number of amides is 1. The Morgan fingerprint density at radius 3 is 2.44 bits per heavy atom. The second-order valence-corrected chi connectivity index (χ2v) is 10.8. The van der Waals surface area contributed by atoms with Crippen molar-refractivity contribution in [3.05, 3.63) is 58.3 Å². The SMILES string of the molecule is CC(C)c1ccc(C(=O)NC2CCC3(CC2)CC(OC2=CCC(C)(C#N)C(Cl)=C2)C3)cc1. The van der Waals surface area contributed by atoms with Crippen LogP contribution in [-0.2, 0) is 4.74 Å². The van der Waals surface area contributed by atoms with E-state index in [0.29, 0.717) is 22.8 Å². The molecule has 0 radical (unpaired) electrons. The van der Waals surface area contributed by atoms with Crippen molar-refractivity contribution in [3.8, 4) is 6.07 Å². The third-order valence-corrected chi connectivity index (χ3v) is 8.13. The molecule has 1 N–H and O–H groups in total. The largest absolute Gasteiger partial charge is 0.491 e. The van der Waals surface area contributed by atoms with Crippen LogP contribution < -0.4 is 5.32 Å². The van der Waals surface area contributed by atoms with E-state index in [9.17, 15) is 10.1 Å². The van der Waals surface area contributed by atoms with Gasteiger partial charge in [-0.25, -0.2) is 0 Å². The van der Waals surface area contributed by atoms with Gasteiger partial charge in [-0.2, -0.15) is 5.26 Å². The number of nitrogens with zero attached hydrogens (tertiary/aromatic N) is 1. The lowest BCUT2D eigenvalue weighted by Crippen LogP contribution is -2.48. The lowest BCUT2D eigenvalue weighted by atomic mass is 9.58. The quantitative estimate of drug-likeness (QED) is 0.548. The van der Waals surface area contributed by atoms with Crippen molar-refractivity contribution in [2.75, 3.05) is 0 Å². The lowest BCUT2D eigenvalue weighted by Gasteiger charge is -2.51. The lowest BCUT2D eigenvalue weighted by molar-refractivity contribution is -0.0715. The Hall–Kier alpha value is -2.25. The van der Waals surface area contributed by atoms with E-state index in [4.69, 9.17) is 16.3 Å². The molecular weight excluding hydrogens is 420 g/mol. The number of hydrogen-bond acceptors (Lipinski definition) is 3. The van der Waals surface area contributed by atoms with E-state index < -0.39 is 5.41 Å². The average Bonchev–Trinajstić information content (AvgIpc) is 2.76. The van der Waals surface area contributed by atoms with Gasteiger partial charge in [-0.05, 0) is 93.1 Å². The van der Waals surface area contributed by atoms with Gasteiger partial charge in [0.2, 0.25) is 0 Å². The number of ether oxygens (including phenoxy) is 1. The maximum atomic E-state index is 12.6. The Labute approximate surface area is 196 Å². The zero-order valence-electron chi connectivity index (χ0n) is 19.3. The molecule has 0 aromatic heterocycles. The monoisotopic (exact) mass is 452 g/mol. The van der Waals surface area contributed by atoms with E-state index in [0.717, 1.165) is 49.8 Å². The standard InChI is InChI=1S/C27H33ClN2O2/c1-18(2)19-4-6-20(7-5-19)25(31)30-21-8-12-27(13-9-21)15-23(16-27)32-22-10-11-26(3,17-29)24(28)14-22/h4-7,10,14,18,21,23H,8-9,11-13,15-16H2,1-3H3,(H,30,31). The molecule has 5 heteroatoms. The number of benzene rings is 1. The van der Waals surface area contributed by atoms with Gasteiger partial charge in [0.15, 0.2) is 0 Å². The molecule has 0 saturated heterocycles. The van der Waals surface area contributed by atoms with Crippen molar-refractivity contribution in [2.45, 2.75) is 83.8 Å². The molecule has 170 valence electrons. The first kappa shape index (κ1) is 22.9. The Morgan fingerprint density at radius 1 is 1.22 bits per heavy atom. The summed E-state index contributed by atoms with van der Waals surface area (Å²) >= 11 is 6.31. The number of rotatable bonds is 5. The smallest absolute Gasteiger partial charge is 0.251 e. The summed E-state index contributed by atoms with van der Waals surface area (Å²) in [6, 6.07) is 10.5. The van der Waals surface area contributed by atoms with Gasteiger partial charge >= 0.3 is 0 Å². The minimum Gasteiger partial charge on any atom is -0.491 e. The van der Waals surface area contributed by atoms with Gasteiger partial charge in [-0.1, -0.05) is 37.6 Å². The van der Waals surface area contributed by atoms with Crippen molar-refractivity contribution in [2.24, 2.45) is 10.8 Å². The highest BCUT2D eigenvalue weighted by molar-refractivity contribution is 6.30. The zero-order valence-corrected chi connectivity index (χ0v) is 20.0. The topological polar surface area (TPSA) is 62.1 Å². The highest BCUT2D eigenvalue weighted by atomic mass is 35.5. The summed E-state index contributed by atoms with van der Waals surface area (Å²) in [6.07, 6.45) is 11.0. The molecule has 1 amide bonds. The number of nitriles is 1. The molecule has 2 saturated carbocycles. The minimum absolute atomic E-state index is 0.0355. The van der Waals surface area contributed by atoms with Crippen LogP contribution in [0.25, 0.3) is 0 Å². The van der Waals surface area contributed by atoms with Crippen LogP contribution in [0.15, 0.2) is 47.2 Å². The summed E-state index contributed by atoms with van der Waals surface area (Å²) in [5, 5.41) is 13.1. The van der Waals surface area contributed by atoms with Crippen LogP contribution >= 0.6 is 11.6 Å². The van der Waals surface area contributed by atoms with Crippen molar-refractivity contribution in [1.29, 1.82) is 5.26 Å². The normalized spacial score (nSPS) is 31.9. The molecule has 4 rings (SSSR count). The second kappa shape index (κ2) is 8.94. The third kappa shape index (κ3) is 4.74. The molecule has 0 heterocycles. The highest BCUT2D eigenvalue weighted by Crippen LogP contribution is 2.53. The number of carbonyl (C=O) groups excluding carboxylic acids is 1. The molecule has 1 aromatic rings. The van der Waals surface area contributed by atoms with Gasteiger partial charge in [-0.15, -0.1) is 0 Å². The number of hydrogen-bond donors (Lipinski definition) is 1. The van der Waals surface area contributed by atoms with E-state index >= 15 is 0 Å². The second-order valence-electron chi connectivity index (χ2n) is 10.4.